The van der Waals surface area contributed by atoms with Gasteiger partial charge in [-0.1, -0.05) is 13.8 Å². The molecule has 1 atom stereocenters. The van der Waals surface area contributed by atoms with Gasteiger partial charge in [-0.3, -0.25) is 4.79 Å². The highest BCUT2D eigenvalue weighted by molar-refractivity contribution is 7.10. The van der Waals surface area contributed by atoms with Crippen molar-refractivity contribution in [2.75, 3.05) is 11.9 Å². The minimum absolute atomic E-state index is 0.0635. The highest BCUT2D eigenvalue weighted by Gasteiger charge is 2.21. The molecule has 3 N–H and O–H groups in total. The number of amides is 1. The number of hydrogen-bond acceptors (Lipinski definition) is 4. The van der Waals surface area contributed by atoms with Crippen molar-refractivity contribution in [1.82, 2.24) is 5.32 Å². The molecule has 0 radical (unpaired) electrons. The van der Waals surface area contributed by atoms with Crippen LogP contribution in [0.1, 0.15) is 39.0 Å². The minimum atomic E-state index is -0.695. The molecule has 108 valence electrons. The lowest BCUT2D eigenvalue weighted by Crippen LogP contribution is -2.38. The van der Waals surface area contributed by atoms with Gasteiger partial charge in [-0.25, -0.2) is 0 Å². The van der Waals surface area contributed by atoms with Crippen molar-refractivity contribution in [2.45, 2.75) is 46.3 Å². The van der Waals surface area contributed by atoms with E-state index in [2.05, 4.69) is 24.5 Å². The molecule has 1 amide bonds. The van der Waals surface area contributed by atoms with Crippen molar-refractivity contribution in [3.05, 3.63) is 16.3 Å². The van der Waals surface area contributed by atoms with Gasteiger partial charge in [0.2, 0.25) is 5.91 Å². The number of nitrogens with one attached hydrogen (secondary N) is 2. The van der Waals surface area contributed by atoms with Crippen molar-refractivity contribution in [1.29, 1.82) is 0 Å². The molecule has 1 unspecified atom stereocenters. The third kappa shape index (κ3) is 6.18. The van der Waals surface area contributed by atoms with E-state index in [1.54, 1.807) is 11.3 Å². The fourth-order valence-electron chi connectivity index (χ4n) is 2.18. The standard InChI is InChI=1S/C14H24N2O2S/c1-10(2)7-14(4,18)9-15-8-13-12(5-6-19-13)16-11(3)17/h5-6,10,15,18H,7-9H2,1-4H3,(H,16,17). The maximum atomic E-state index is 11.1. The molecule has 19 heavy (non-hydrogen) atoms. The third-order valence-electron chi connectivity index (χ3n) is 2.70. The average molecular weight is 284 g/mol. The highest BCUT2D eigenvalue weighted by Crippen LogP contribution is 2.22. The molecule has 1 aromatic heterocycles. The van der Waals surface area contributed by atoms with Crippen LogP contribution >= 0.6 is 11.3 Å². The first-order valence-corrected chi connectivity index (χ1v) is 7.45. The second kappa shape index (κ2) is 7.03. The summed E-state index contributed by atoms with van der Waals surface area (Å²) in [5, 5.41) is 18.2. The van der Waals surface area contributed by atoms with Crippen LogP contribution in [0.2, 0.25) is 0 Å². The SMILES string of the molecule is CC(=O)Nc1ccsc1CNCC(C)(O)CC(C)C. The van der Waals surface area contributed by atoms with Gasteiger partial charge >= 0.3 is 0 Å². The first kappa shape index (κ1) is 16.1. The van der Waals surface area contributed by atoms with E-state index in [4.69, 9.17) is 0 Å². The summed E-state index contributed by atoms with van der Waals surface area (Å²) in [4.78, 5) is 12.1. The molecule has 4 nitrogen and oxygen atoms in total. The van der Waals surface area contributed by atoms with Gasteiger partial charge in [0.05, 0.1) is 11.3 Å². The molecule has 0 saturated carbocycles. The van der Waals surface area contributed by atoms with Gasteiger partial charge < -0.3 is 15.7 Å². The lowest BCUT2D eigenvalue weighted by molar-refractivity contribution is -0.114. The van der Waals surface area contributed by atoms with Crippen molar-refractivity contribution >= 4 is 22.9 Å². The molecule has 1 aromatic rings. The molecule has 5 heteroatoms. The number of anilines is 1. The van der Waals surface area contributed by atoms with E-state index < -0.39 is 5.60 Å². The Balaban J connectivity index is 2.45. The Hall–Kier alpha value is -0.910. The van der Waals surface area contributed by atoms with Crippen molar-refractivity contribution in [3.8, 4) is 0 Å². The second-order valence-corrected chi connectivity index (χ2v) is 6.64. The first-order valence-electron chi connectivity index (χ1n) is 6.57. The lowest BCUT2D eigenvalue weighted by Gasteiger charge is -2.25. The normalized spacial score (nSPS) is 14.4. The Kier molecular flexibility index (Phi) is 5.97. The molecule has 0 aliphatic carbocycles. The largest absolute Gasteiger partial charge is 0.389 e. The smallest absolute Gasteiger partial charge is 0.221 e. The molecule has 0 aliphatic heterocycles. The topological polar surface area (TPSA) is 61.4 Å². The summed E-state index contributed by atoms with van der Waals surface area (Å²) in [6, 6.07) is 1.90. The number of thiophene rings is 1. The van der Waals surface area contributed by atoms with E-state index in [9.17, 15) is 9.90 Å². The number of carbonyl (C=O) groups is 1. The van der Waals surface area contributed by atoms with E-state index in [1.807, 2.05) is 18.4 Å². The van der Waals surface area contributed by atoms with Crippen LogP contribution in [0.5, 0.6) is 0 Å². The second-order valence-electron chi connectivity index (χ2n) is 5.64. The van der Waals surface area contributed by atoms with Crippen molar-refractivity contribution in [2.24, 2.45) is 5.92 Å². The van der Waals surface area contributed by atoms with E-state index >= 15 is 0 Å². The van der Waals surface area contributed by atoms with Gasteiger partial charge in [-0.2, -0.15) is 0 Å². The van der Waals surface area contributed by atoms with Gasteiger partial charge in [-0.05, 0) is 30.7 Å². The predicted molar refractivity (Wildman–Crippen MR) is 80.4 cm³/mol. The fourth-order valence-corrected chi connectivity index (χ4v) is 2.98. The van der Waals surface area contributed by atoms with E-state index in [0.29, 0.717) is 19.0 Å². The number of hydrogen-bond donors (Lipinski definition) is 3. The molecule has 0 spiro atoms. The van der Waals surface area contributed by atoms with Crippen LogP contribution in [0.15, 0.2) is 11.4 Å². The minimum Gasteiger partial charge on any atom is -0.389 e. The number of carbonyl (C=O) groups excluding carboxylic acids is 1. The average Bonchev–Trinajstić information content (AvgIpc) is 2.62. The van der Waals surface area contributed by atoms with Gasteiger partial charge in [-0.15, -0.1) is 11.3 Å². The quantitative estimate of drug-likeness (QED) is 0.721. The molecular formula is C14H24N2O2S. The zero-order chi connectivity index (χ0) is 14.5. The summed E-state index contributed by atoms with van der Waals surface area (Å²) in [6.45, 7) is 8.75. The fraction of sp³-hybridized carbons (Fsp3) is 0.643. The Labute approximate surface area is 119 Å². The summed E-state index contributed by atoms with van der Waals surface area (Å²) in [5.41, 5.74) is 0.160. The van der Waals surface area contributed by atoms with Gasteiger partial charge in [0, 0.05) is 24.9 Å². The lowest BCUT2D eigenvalue weighted by atomic mass is 9.94. The maximum Gasteiger partial charge on any atom is 0.221 e. The summed E-state index contributed by atoms with van der Waals surface area (Å²) in [7, 11) is 0. The summed E-state index contributed by atoms with van der Waals surface area (Å²) in [6.07, 6.45) is 0.767. The van der Waals surface area contributed by atoms with Gasteiger partial charge in [0.15, 0.2) is 0 Å². The van der Waals surface area contributed by atoms with Crippen LogP contribution in [0.4, 0.5) is 5.69 Å². The molecule has 1 rings (SSSR count). The third-order valence-corrected chi connectivity index (χ3v) is 3.62. The zero-order valence-electron chi connectivity index (χ0n) is 12.1. The molecular weight excluding hydrogens is 260 g/mol. The molecule has 1 heterocycles. The van der Waals surface area contributed by atoms with Crippen LogP contribution in [0, 0.1) is 5.92 Å². The monoisotopic (exact) mass is 284 g/mol. The Morgan fingerprint density at radius 3 is 2.79 bits per heavy atom. The van der Waals surface area contributed by atoms with Gasteiger partial charge in [0.25, 0.3) is 0 Å². The van der Waals surface area contributed by atoms with Crippen LogP contribution in [0.25, 0.3) is 0 Å². The molecule has 0 saturated heterocycles. The van der Waals surface area contributed by atoms with Crippen molar-refractivity contribution in [3.63, 3.8) is 0 Å². The highest BCUT2D eigenvalue weighted by atomic mass is 32.1. The summed E-state index contributed by atoms with van der Waals surface area (Å²) >= 11 is 1.60. The van der Waals surface area contributed by atoms with Crippen LogP contribution in [-0.4, -0.2) is 23.2 Å². The van der Waals surface area contributed by atoms with Crippen LogP contribution < -0.4 is 10.6 Å². The Morgan fingerprint density at radius 1 is 1.53 bits per heavy atom. The molecule has 0 bridgehead atoms. The Bertz CT molecular complexity index is 413. The van der Waals surface area contributed by atoms with Crippen molar-refractivity contribution < 1.29 is 9.90 Å². The maximum absolute atomic E-state index is 11.1. The van der Waals surface area contributed by atoms with Crippen LogP contribution in [0.3, 0.4) is 0 Å². The number of aliphatic hydroxyl groups is 1. The molecule has 0 aliphatic rings. The Morgan fingerprint density at radius 2 is 2.21 bits per heavy atom. The number of rotatable bonds is 7. The summed E-state index contributed by atoms with van der Waals surface area (Å²) in [5.74, 6) is 0.403. The van der Waals surface area contributed by atoms with E-state index in [1.165, 1.54) is 6.92 Å². The summed E-state index contributed by atoms with van der Waals surface area (Å²) < 4.78 is 0. The van der Waals surface area contributed by atoms with Gasteiger partial charge in [0.1, 0.15) is 0 Å². The first-order chi connectivity index (χ1) is 8.80. The molecule has 0 aromatic carbocycles. The van der Waals surface area contributed by atoms with E-state index in [0.717, 1.165) is 17.0 Å². The van der Waals surface area contributed by atoms with Crippen LogP contribution in [-0.2, 0) is 11.3 Å². The zero-order valence-corrected chi connectivity index (χ0v) is 12.9. The van der Waals surface area contributed by atoms with E-state index in [-0.39, 0.29) is 5.91 Å². The molecule has 0 fully saturated rings. The predicted octanol–water partition coefficient (Wildman–Crippen LogP) is 2.59.